The van der Waals surface area contributed by atoms with Gasteiger partial charge in [0.1, 0.15) is 6.61 Å². The number of rotatable bonds is 5. The number of ether oxygens (including phenoxy) is 2. The van der Waals surface area contributed by atoms with Crippen LogP contribution in [0.15, 0.2) is 72.3 Å². The lowest BCUT2D eigenvalue weighted by Gasteiger charge is -2.17. The first-order valence-electron chi connectivity index (χ1n) is 10.2. The molecule has 0 unspecified atom stereocenters. The van der Waals surface area contributed by atoms with Crippen molar-refractivity contribution in [2.24, 2.45) is 0 Å². The van der Waals surface area contributed by atoms with Crippen molar-refractivity contribution in [3.05, 3.63) is 100 Å². The predicted octanol–water partition coefficient (Wildman–Crippen LogP) is 6.51. The van der Waals surface area contributed by atoms with Crippen LogP contribution in [-0.2, 0) is 19.2 Å². The van der Waals surface area contributed by atoms with Gasteiger partial charge in [0.2, 0.25) is 0 Å². The zero-order valence-corrected chi connectivity index (χ0v) is 17.4. The minimum absolute atomic E-state index is 0.0238. The highest BCUT2D eigenvalue weighted by molar-refractivity contribution is 6.13. The first-order valence-corrected chi connectivity index (χ1v) is 10.2. The molecule has 3 nitrogen and oxygen atoms in total. The van der Waals surface area contributed by atoms with E-state index >= 15 is 0 Å². The Balaban J connectivity index is 1.52. The predicted molar refractivity (Wildman–Crippen MR) is 116 cm³/mol. The molecule has 0 amide bonds. The Hall–Kier alpha value is -3.54. The third-order valence-electron chi connectivity index (χ3n) is 5.39. The van der Waals surface area contributed by atoms with Gasteiger partial charge in [-0.2, -0.15) is 13.2 Å². The summed E-state index contributed by atoms with van der Waals surface area (Å²) in [7, 11) is 1.49. The van der Waals surface area contributed by atoms with E-state index in [2.05, 4.69) is 0 Å². The molecule has 0 radical (unpaired) electrons. The van der Waals surface area contributed by atoms with Crippen molar-refractivity contribution in [1.82, 2.24) is 0 Å². The molecule has 0 N–H and O–H groups in total. The largest absolute Gasteiger partial charge is 0.493 e. The second-order valence-electron chi connectivity index (χ2n) is 7.55. The van der Waals surface area contributed by atoms with Gasteiger partial charge in [0.15, 0.2) is 17.3 Å². The van der Waals surface area contributed by atoms with Gasteiger partial charge in [-0.15, -0.1) is 0 Å². The molecule has 0 saturated heterocycles. The Morgan fingerprint density at radius 3 is 2.53 bits per heavy atom. The van der Waals surface area contributed by atoms with Crippen LogP contribution in [0.2, 0.25) is 0 Å². The number of hydrogen-bond acceptors (Lipinski definition) is 3. The van der Waals surface area contributed by atoms with E-state index in [1.807, 2.05) is 30.3 Å². The molecule has 0 aromatic heterocycles. The SMILES string of the molecule is COc1cc(/C=C2\CCc3ccccc3C2=O)ccc1OCc1cccc(C(F)(F)F)c1. The Bertz CT molecular complexity index is 1180. The Morgan fingerprint density at radius 2 is 1.75 bits per heavy atom. The van der Waals surface area contributed by atoms with Crippen LogP contribution >= 0.6 is 0 Å². The van der Waals surface area contributed by atoms with Gasteiger partial charge >= 0.3 is 6.18 Å². The van der Waals surface area contributed by atoms with E-state index < -0.39 is 11.7 Å². The molecule has 0 atom stereocenters. The minimum atomic E-state index is -4.40. The van der Waals surface area contributed by atoms with Gasteiger partial charge in [0.25, 0.3) is 0 Å². The summed E-state index contributed by atoms with van der Waals surface area (Å²) in [6.45, 7) is -0.0318. The molecule has 3 aromatic rings. The molecule has 6 heteroatoms. The molecule has 0 bridgehead atoms. The molecule has 1 aliphatic rings. The Kier molecular flexibility index (Phi) is 6.04. The molecule has 1 aliphatic carbocycles. The van der Waals surface area contributed by atoms with Crippen LogP contribution in [0.5, 0.6) is 11.5 Å². The number of fused-ring (bicyclic) bond motifs is 1. The number of alkyl halides is 3. The average Bonchev–Trinajstić information content (AvgIpc) is 2.79. The monoisotopic (exact) mass is 438 g/mol. The van der Waals surface area contributed by atoms with E-state index in [0.29, 0.717) is 23.5 Å². The van der Waals surface area contributed by atoms with Gasteiger partial charge < -0.3 is 9.47 Å². The maximum Gasteiger partial charge on any atom is 0.416 e. The average molecular weight is 438 g/mol. The van der Waals surface area contributed by atoms with Gasteiger partial charge in [-0.05, 0) is 59.9 Å². The summed E-state index contributed by atoms with van der Waals surface area (Å²) in [5, 5.41) is 0. The fourth-order valence-corrected chi connectivity index (χ4v) is 3.75. The molecule has 0 spiro atoms. The van der Waals surface area contributed by atoms with E-state index in [1.165, 1.54) is 13.2 Å². The molecular weight excluding hydrogens is 417 g/mol. The van der Waals surface area contributed by atoms with Gasteiger partial charge in [-0.3, -0.25) is 4.79 Å². The van der Waals surface area contributed by atoms with Crippen LogP contribution in [0.1, 0.15) is 39.0 Å². The van der Waals surface area contributed by atoms with Crippen molar-refractivity contribution >= 4 is 11.9 Å². The third kappa shape index (κ3) is 4.69. The smallest absolute Gasteiger partial charge is 0.416 e. The first kappa shape index (κ1) is 21.7. The van der Waals surface area contributed by atoms with Crippen LogP contribution in [0.25, 0.3) is 6.08 Å². The molecular formula is C26H21F3O3. The van der Waals surface area contributed by atoms with Crippen molar-refractivity contribution in [3.63, 3.8) is 0 Å². The molecule has 0 heterocycles. The fourth-order valence-electron chi connectivity index (χ4n) is 3.75. The number of Topliss-reactive ketones (excluding diaryl/α,β-unsaturated/α-hetero) is 1. The summed E-state index contributed by atoms with van der Waals surface area (Å²) in [6.07, 6.45) is -1.09. The molecule has 164 valence electrons. The van der Waals surface area contributed by atoms with Crippen molar-refractivity contribution in [2.45, 2.75) is 25.6 Å². The quantitative estimate of drug-likeness (QED) is 0.426. The molecule has 3 aromatic carbocycles. The number of hydrogen-bond donors (Lipinski definition) is 0. The lowest BCUT2D eigenvalue weighted by Crippen LogP contribution is -2.13. The van der Waals surface area contributed by atoms with E-state index in [1.54, 1.807) is 24.3 Å². The maximum absolute atomic E-state index is 12.9. The summed E-state index contributed by atoms with van der Waals surface area (Å²) in [6, 6.07) is 17.9. The highest BCUT2D eigenvalue weighted by Crippen LogP contribution is 2.33. The maximum atomic E-state index is 12.9. The van der Waals surface area contributed by atoms with Gasteiger partial charge in [-0.25, -0.2) is 0 Å². The van der Waals surface area contributed by atoms with Crippen molar-refractivity contribution in [2.75, 3.05) is 7.11 Å². The topological polar surface area (TPSA) is 35.5 Å². The minimum Gasteiger partial charge on any atom is -0.493 e. The zero-order chi connectivity index (χ0) is 22.7. The Morgan fingerprint density at radius 1 is 0.938 bits per heavy atom. The van der Waals surface area contributed by atoms with E-state index in [9.17, 15) is 18.0 Å². The number of carbonyl (C=O) groups excluding carboxylic acids is 1. The number of methoxy groups -OCH3 is 1. The lowest BCUT2D eigenvalue weighted by atomic mass is 9.86. The summed E-state index contributed by atoms with van der Waals surface area (Å²) in [5.41, 5.74) is 2.99. The third-order valence-corrected chi connectivity index (χ3v) is 5.39. The van der Waals surface area contributed by atoms with Crippen molar-refractivity contribution < 1.29 is 27.4 Å². The van der Waals surface area contributed by atoms with Gasteiger partial charge in [0.05, 0.1) is 12.7 Å². The summed E-state index contributed by atoms with van der Waals surface area (Å²) >= 11 is 0. The fraction of sp³-hybridized carbons (Fsp3) is 0.192. The number of ketones is 1. The van der Waals surface area contributed by atoms with Crippen LogP contribution in [0.3, 0.4) is 0 Å². The lowest BCUT2D eigenvalue weighted by molar-refractivity contribution is -0.137. The summed E-state index contributed by atoms with van der Waals surface area (Å²) in [4.78, 5) is 12.8. The van der Waals surface area contributed by atoms with Gasteiger partial charge in [-0.1, -0.05) is 42.5 Å². The second-order valence-corrected chi connectivity index (χ2v) is 7.55. The highest BCUT2D eigenvalue weighted by atomic mass is 19.4. The van der Waals surface area contributed by atoms with E-state index in [0.717, 1.165) is 40.8 Å². The van der Waals surface area contributed by atoms with Crippen molar-refractivity contribution in [1.29, 1.82) is 0 Å². The standard InChI is InChI=1S/C26H21F3O3/c1-31-24-15-17(13-20-11-10-19-6-2-3-8-22(19)25(20)30)9-12-23(24)32-16-18-5-4-7-21(14-18)26(27,28)29/h2-9,12-15H,10-11,16H2,1H3/b20-13+. The molecule has 0 saturated carbocycles. The second kappa shape index (κ2) is 8.91. The van der Waals surface area contributed by atoms with E-state index in [4.69, 9.17) is 9.47 Å². The summed E-state index contributed by atoms with van der Waals surface area (Å²) < 4.78 is 49.8. The van der Waals surface area contributed by atoms with Crippen LogP contribution in [-0.4, -0.2) is 12.9 Å². The van der Waals surface area contributed by atoms with Gasteiger partial charge in [0, 0.05) is 11.1 Å². The molecule has 0 aliphatic heterocycles. The zero-order valence-electron chi connectivity index (χ0n) is 17.4. The van der Waals surface area contributed by atoms with Crippen LogP contribution in [0, 0.1) is 0 Å². The number of allylic oxidation sites excluding steroid dienone is 1. The molecule has 0 fully saturated rings. The number of aryl methyl sites for hydroxylation is 1. The van der Waals surface area contributed by atoms with E-state index in [-0.39, 0.29) is 12.4 Å². The summed E-state index contributed by atoms with van der Waals surface area (Å²) in [5.74, 6) is 0.873. The number of benzene rings is 3. The molecule has 32 heavy (non-hydrogen) atoms. The number of carbonyl (C=O) groups is 1. The van der Waals surface area contributed by atoms with Crippen LogP contribution < -0.4 is 9.47 Å². The first-order chi connectivity index (χ1) is 15.3. The Labute approximate surface area is 184 Å². The normalized spacial score (nSPS) is 14.9. The highest BCUT2D eigenvalue weighted by Gasteiger charge is 2.30. The number of halogens is 3. The van der Waals surface area contributed by atoms with Crippen molar-refractivity contribution in [3.8, 4) is 11.5 Å². The van der Waals surface area contributed by atoms with Crippen LogP contribution in [0.4, 0.5) is 13.2 Å². The molecule has 4 rings (SSSR count).